The molecule has 0 bridgehead atoms. The fourth-order valence-electron chi connectivity index (χ4n) is 1.72. The Kier molecular flexibility index (Phi) is 3.57. The molecule has 88 valence electrons. The molecule has 0 spiro atoms. The number of benzene rings is 1. The van der Waals surface area contributed by atoms with Crippen LogP contribution in [0, 0.1) is 0 Å². The minimum Gasteiger partial charge on any atom is -0.296 e. The smallest absolute Gasteiger partial charge is 0.0812 e. The quantitative estimate of drug-likeness (QED) is 0.817. The van der Waals surface area contributed by atoms with Gasteiger partial charge in [0.15, 0.2) is 0 Å². The van der Waals surface area contributed by atoms with Crippen molar-refractivity contribution in [3.8, 4) is 0 Å². The van der Waals surface area contributed by atoms with Crippen LogP contribution in [0.5, 0.6) is 0 Å². The highest BCUT2D eigenvalue weighted by Gasteiger charge is 2.22. The normalized spacial score (nSPS) is 19.8. The Bertz CT molecular complexity index is 334. The number of hydroxylamine groups is 1. The summed E-state index contributed by atoms with van der Waals surface area (Å²) in [5.41, 5.74) is 4.43. The largest absolute Gasteiger partial charge is 0.296 e. The van der Waals surface area contributed by atoms with Crippen molar-refractivity contribution in [1.29, 1.82) is 0 Å². The topological polar surface area (TPSA) is 21.3 Å². The second kappa shape index (κ2) is 4.78. The van der Waals surface area contributed by atoms with E-state index in [0.29, 0.717) is 5.25 Å². The number of fused-ring (bicyclic) bond motifs is 1. The monoisotopic (exact) mass is 237 g/mol. The highest BCUT2D eigenvalue weighted by molar-refractivity contribution is 8.00. The fourth-order valence-corrected chi connectivity index (χ4v) is 2.95. The zero-order valence-corrected chi connectivity index (χ0v) is 10.9. The van der Waals surface area contributed by atoms with Gasteiger partial charge in [0.25, 0.3) is 0 Å². The number of hydrogen-bond acceptors (Lipinski definition) is 3. The molecule has 0 saturated heterocycles. The lowest BCUT2D eigenvalue weighted by atomic mass is 10.1. The van der Waals surface area contributed by atoms with E-state index < -0.39 is 0 Å². The van der Waals surface area contributed by atoms with Crippen LogP contribution in [0.25, 0.3) is 0 Å². The van der Waals surface area contributed by atoms with Crippen molar-refractivity contribution >= 4 is 11.8 Å². The van der Waals surface area contributed by atoms with Gasteiger partial charge in [-0.2, -0.15) is 0 Å². The molecule has 1 heterocycles. The van der Waals surface area contributed by atoms with E-state index >= 15 is 0 Å². The SMILES string of the molecule is CC(C)(C)ONCC1Cc2ccccc2S1. The van der Waals surface area contributed by atoms with Crippen molar-refractivity contribution in [2.45, 2.75) is 42.9 Å². The second-order valence-corrected chi connectivity index (χ2v) is 6.46. The molecule has 0 amide bonds. The predicted octanol–water partition coefficient (Wildman–Crippen LogP) is 3.02. The van der Waals surface area contributed by atoms with Crippen molar-refractivity contribution in [3.63, 3.8) is 0 Å². The van der Waals surface area contributed by atoms with E-state index in [0.717, 1.165) is 13.0 Å². The number of hydrogen-bond donors (Lipinski definition) is 1. The average Bonchev–Trinajstić information content (AvgIpc) is 2.57. The van der Waals surface area contributed by atoms with E-state index in [4.69, 9.17) is 4.84 Å². The molecule has 2 nitrogen and oxygen atoms in total. The van der Waals surface area contributed by atoms with Crippen molar-refractivity contribution in [1.82, 2.24) is 5.48 Å². The third-order valence-electron chi connectivity index (χ3n) is 2.40. The van der Waals surface area contributed by atoms with Crippen LogP contribution >= 0.6 is 11.8 Å². The summed E-state index contributed by atoms with van der Waals surface area (Å²) in [4.78, 5) is 6.95. The first kappa shape index (κ1) is 12.0. The summed E-state index contributed by atoms with van der Waals surface area (Å²) in [5.74, 6) is 0. The maximum atomic E-state index is 5.53. The fraction of sp³-hybridized carbons (Fsp3) is 0.538. The summed E-state index contributed by atoms with van der Waals surface area (Å²) in [6, 6.07) is 8.63. The molecule has 0 saturated carbocycles. The molecule has 2 rings (SSSR count). The third kappa shape index (κ3) is 3.24. The Hall–Kier alpha value is -0.510. The Morgan fingerprint density at radius 2 is 2.12 bits per heavy atom. The molecule has 0 radical (unpaired) electrons. The van der Waals surface area contributed by atoms with Crippen molar-refractivity contribution < 1.29 is 4.84 Å². The van der Waals surface area contributed by atoms with Gasteiger partial charge in [0, 0.05) is 16.7 Å². The molecule has 1 aliphatic heterocycles. The van der Waals surface area contributed by atoms with Crippen LogP contribution in [0.15, 0.2) is 29.2 Å². The molecule has 0 aromatic heterocycles. The lowest BCUT2D eigenvalue weighted by Gasteiger charge is -2.20. The van der Waals surface area contributed by atoms with Crippen LogP contribution in [0.3, 0.4) is 0 Å². The lowest BCUT2D eigenvalue weighted by Crippen LogP contribution is -2.33. The van der Waals surface area contributed by atoms with Gasteiger partial charge in [-0.1, -0.05) is 18.2 Å². The maximum Gasteiger partial charge on any atom is 0.0812 e. The molecular formula is C13H19NOS. The summed E-state index contributed by atoms with van der Waals surface area (Å²) >= 11 is 1.94. The van der Waals surface area contributed by atoms with Crippen LogP contribution in [-0.4, -0.2) is 17.4 Å². The maximum absolute atomic E-state index is 5.53. The van der Waals surface area contributed by atoms with Crippen molar-refractivity contribution in [2.75, 3.05) is 6.54 Å². The first-order valence-corrected chi connectivity index (χ1v) is 6.58. The Morgan fingerprint density at radius 3 is 2.81 bits per heavy atom. The van der Waals surface area contributed by atoms with Gasteiger partial charge in [-0.15, -0.1) is 11.8 Å². The summed E-state index contributed by atoms with van der Waals surface area (Å²) in [6.45, 7) is 7.06. The van der Waals surface area contributed by atoms with Gasteiger partial charge in [-0.25, -0.2) is 5.48 Å². The number of rotatable bonds is 3. The summed E-state index contributed by atoms with van der Waals surface area (Å²) in [5, 5.41) is 0.597. The molecular weight excluding hydrogens is 218 g/mol. The van der Waals surface area contributed by atoms with Crippen LogP contribution in [-0.2, 0) is 11.3 Å². The van der Waals surface area contributed by atoms with Crippen LogP contribution in [0.2, 0.25) is 0 Å². The summed E-state index contributed by atoms with van der Waals surface area (Å²) in [6.07, 6.45) is 1.14. The molecule has 1 unspecified atom stereocenters. The van der Waals surface area contributed by atoms with Gasteiger partial charge in [-0.3, -0.25) is 4.84 Å². The van der Waals surface area contributed by atoms with Crippen LogP contribution in [0.4, 0.5) is 0 Å². The first-order chi connectivity index (χ1) is 7.54. The molecule has 1 aliphatic rings. The van der Waals surface area contributed by atoms with Crippen molar-refractivity contribution in [3.05, 3.63) is 29.8 Å². The zero-order valence-electron chi connectivity index (χ0n) is 10.1. The zero-order chi connectivity index (χ0) is 11.6. The van der Waals surface area contributed by atoms with E-state index in [1.807, 2.05) is 11.8 Å². The van der Waals surface area contributed by atoms with E-state index in [1.165, 1.54) is 10.5 Å². The lowest BCUT2D eigenvalue weighted by molar-refractivity contribution is -0.0718. The van der Waals surface area contributed by atoms with Gasteiger partial charge in [0.05, 0.1) is 5.60 Å². The Labute approximate surface area is 102 Å². The number of nitrogens with one attached hydrogen (secondary N) is 1. The van der Waals surface area contributed by atoms with E-state index in [-0.39, 0.29) is 5.60 Å². The van der Waals surface area contributed by atoms with Gasteiger partial charge >= 0.3 is 0 Å². The summed E-state index contributed by atoms with van der Waals surface area (Å²) in [7, 11) is 0. The minimum absolute atomic E-state index is 0.115. The van der Waals surface area contributed by atoms with Crippen LogP contribution < -0.4 is 5.48 Å². The van der Waals surface area contributed by atoms with Gasteiger partial charge in [0.2, 0.25) is 0 Å². The van der Waals surface area contributed by atoms with Gasteiger partial charge in [-0.05, 0) is 38.8 Å². The average molecular weight is 237 g/mol. The molecule has 0 aliphatic carbocycles. The summed E-state index contributed by atoms with van der Waals surface area (Å²) < 4.78 is 0. The van der Waals surface area contributed by atoms with Crippen molar-refractivity contribution in [2.24, 2.45) is 0 Å². The first-order valence-electron chi connectivity index (χ1n) is 5.70. The third-order valence-corrected chi connectivity index (χ3v) is 3.72. The molecule has 1 aromatic carbocycles. The van der Waals surface area contributed by atoms with E-state index in [9.17, 15) is 0 Å². The molecule has 1 aromatic rings. The van der Waals surface area contributed by atoms with Gasteiger partial charge < -0.3 is 0 Å². The van der Waals surface area contributed by atoms with E-state index in [1.54, 1.807) is 0 Å². The van der Waals surface area contributed by atoms with Crippen LogP contribution in [0.1, 0.15) is 26.3 Å². The minimum atomic E-state index is -0.115. The highest BCUT2D eigenvalue weighted by atomic mass is 32.2. The van der Waals surface area contributed by atoms with Gasteiger partial charge in [0.1, 0.15) is 0 Å². The Morgan fingerprint density at radius 1 is 1.38 bits per heavy atom. The predicted molar refractivity (Wildman–Crippen MR) is 68.6 cm³/mol. The standard InChI is InChI=1S/C13H19NOS/c1-13(2,3)15-14-9-11-8-10-6-4-5-7-12(10)16-11/h4-7,11,14H,8-9H2,1-3H3. The Balaban J connectivity index is 1.79. The molecule has 3 heteroatoms. The molecule has 1 N–H and O–H groups in total. The number of thioether (sulfide) groups is 1. The molecule has 16 heavy (non-hydrogen) atoms. The second-order valence-electron chi connectivity index (χ2n) is 5.11. The molecule has 1 atom stereocenters. The van der Waals surface area contributed by atoms with E-state index in [2.05, 4.69) is 50.5 Å². The molecule has 0 fully saturated rings. The highest BCUT2D eigenvalue weighted by Crippen LogP contribution is 2.36.